The van der Waals surface area contributed by atoms with Gasteiger partial charge in [-0.3, -0.25) is 0 Å². The Kier molecular flexibility index (Phi) is 4.46. The van der Waals surface area contributed by atoms with Gasteiger partial charge >= 0.3 is 0 Å². The minimum absolute atomic E-state index is 0.414. The molecule has 1 N–H and O–H groups in total. The Morgan fingerprint density at radius 1 is 1.18 bits per heavy atom. The molecule has 0 aromatic heterocycles. The molecule has 2 rings (SSSR count). The van der Waals surface area contributed by atoms with Gasteiger partial charge in [0.1, 0.15) is 0 Å². The van der Waals surface area contributed by atoms with E-state index in [0.29, 0.717) is 0 Å². The van der Waals surface area contributed by atoms with Crippen LogP contribution in [0.1, 0.15) is 44.3 Å². The number of halogens is 1. The van der Waals surface area contributed by atoms with E-state index in [-0.39, 0.29) is 0 Å². The molecule has 0 unspecified atom stereocenters. The third-order valence-corrected chi connectivity index (χ3v) is 4.09. The largest absolute Gasteiger partial charge is 0.389 e. The summed E-state index contributed by atoms with van der Waals surface area (Å²) in [6.07, 6.45) is 4.86. The van der Waals surface area contributed by atoms with Gasteiger partial charge in [-0.1, -0.05) is 34.8 Å². The van der Waals surface area contributed by atoms with Crippen LogP contribution in [0.5, 0.6) is 0 Å². The first-order valence-electron chi connectivity index (χ1n) is 6.41. The van der Waals surface area contributed by atoms with Crippen molar-refractivity contribution < 1.29 is 5.11 Å². The molecular formula is C14H20BrNO. The summed E-state index contributed by atoms with van der Waals surface area (Å²) < 4.78 is 1.01. The number of hydrogen-bond donors (Lipinski definition) is 1. The van der Waals surface area contributed by atoms with E-state index in [0.717, 1.165) is 23.1 Å². The first-order valence-corrected chi connectivity index (χ1v) is 7.20. The van der Waals surface area contributed by atoms with E-state index < -0.39 is 6.10 Å². The van der Waals surface area contributed by atoms with Gasteiger partial charge in [-0.25, -0.2) is 0 Å². The SMILES string of the molecule is C[C@@H](O)c1ccc(N2CCCCCC2)cc1Br. The summed E-state index contributed by atoms with van der Waals surface area (Å²) in [6, 6.07) is 6.28. The van der Waals surface area contributed by atoms with E-state index in [1.807, 2.05) is 6.07 Å². The number of hydrogen-bond acceptors (Lipinski definition) is 2. The zero-order chi connectivity index (χ0) is 12.3. The van der Waals surface area contributed by atoms with Gasteiger partial charge in [0.25, 0.3) is 0 Å². The van der Waals surface area contributed by atoms with Crippen molar-refractivity contribution in [2.45, 2.75) is 38.7 Å². The molecule has 3 heteroatoms. The van der Waals surface area contributed by atoms with Crippen molar-refractivity contribution in [3.05, 3.63) is 28.2 Å². The molecule has 0 spiro atoms. The molecular weight excluding hydrogens is 278 g/mol. The molecule has 1 heterocycles. The van der Waals surface area contributed by atoms with E-state index in [2.05, 4.69) is 33.0 Å². The van der Waals surface area contributed by atoms with Crippen LogP contribution < -0.4 is 4.90 Å². The Balaban J connectivity index is 2.18. The van der Waals surface area contributed by atoms with Gasteiger partial charge in [-0.15, -0.1) is 0 Å². The second kappa shape index (κ2) is 5.87. The molecule has 17 heavy (non-hydrogen) atoms. The summed E-state index contributed by atoms with van der Waals surface area (Å²) in [6.45, 7) is 4.10. The van der Waals surface area contributed by atoms with Crippen LogP contribution in [0.2, 0.25) is 0 Å². The number of nitrogens with zero attached hydrogens (tertiary/aromatic N) is 1. The van der Waals surface area contributed by atoms with Crippen molar-refractivity contribution in [3.63, 3.8) is 0 Å². The fourth-order valence-corrected chi connectivity index (χ4v) is 3.08. The lowest BCUT2D eigenvalue weighted by Crippen LogP contribution is -2.23. The van der Waals surface area contributed by atoms with Gasteiger partial charge < -0.3 is 10.0 Å². The summed E-state index contributed by atoms with van der Waals surface area (Å²) in [4.78, 5) is 2.45. The zero-order valence-electron chi connectivity index (χ0n) is 10.3. The monoisotopic (exact) mass is 297 g/mol. The summed E-state index contributed by atoms with van der Waals surface area (Å²) in [5.41, 5.74) is 2.23. The molecule has 0 aliphatic carbocycles. The first kappa shape index (κ1) is 12.9. The van der Waals surface area contributed by atoms with Crippen LogP contribution in [0.3, 0.4) is 0 Å². The fourth-order valence-electron chi connectivity index (χ4n) is 2.38. The Labute approximate surface area is 112 Å². The molecule has 1 saturated heterocycles. The lowest BCUT2D eigenvalue weighted by atomic mass is 10.1. The van der Waals surface area contributed by atoms with E-state index in [9.17, 15) is 5.11 Å². The molecule has 1 atom stereocenters. The lowest BCUT2D eigenvalue weighted by molar-refractivity contribution is 0.198. The highest BCUT2D eigenvalue weighted by Crippen LogP contribution is 2.29. The molecule has 94 valence electrons. The summed E-state index contributed by atoms with van der Waals surface area (Å²) in [5.74, 6) is 0. The fraction of sp³-hybridized carbons (Fsp3) is 0.571. The Morgan fingerprint density at radius 2 is 1.82 bits per heavy atom. The van der Waals surface area contributed by atoms with Crippen LogP contribution in [0, 0.1) is 0 Å². The van der Waals surface area contributed by atoms with E-state index in [1.54, 1.807) is 6.92 Å². The van der Waals surface area contributed by atoms with Crippen LogP contribution >= 0.6 is 15.9 Å². The van der Waals surface area contributed by atoms with Crippen molar-refractivity contribution in [2.24, 2.45) is 0 Å². The van der Waals surface area contributed by atoms with Crippen molar-refractivity contribution in [2.75, 3.05) is 18.0 Å². The Hall–Kier alpha value is -0.540. The second-order valence-electron chi connectivity index (χ2n) is 4.78. The van der Waals surface area contributed by atoms with Gasteiger partial charge in [0, 0.05) is 23.2 Å². The maximum absolute atomic E-state index is 9.61. The molecule has 1 aliphatic heterocycles. The summed E-state index contributed by atoms with van der Waals surface area (Å²) in [7, 11) is 0. The molecule has 2 nitrogen and oxygen atoms in total. The molecule has 0 amide bonds. The molecule has 1 aromatic rings. The van der Waals surface area contributed by atoms with Crippen LogP contribution in [0.4, 0.5) is 5.69 Å². The number of benzene rings is 1. The van der Waals surface area contributed by atoms with Crippen molar-refractivity contribution in [1.82, 2.24) is 0 Å². The number of aliphatic hydroxyl groups is 1. The normalized spacial score (nSPS) is 18.9. The number of anilines is 1. The van der Waals surface area contributed by atoms with E-state index >= 15 is 0 Å². The van der Waals surface area contributed by atoms with E-state index in [4.69, 9.17) is 0 Å². The average molecular weight is 298 g/mol. The quantitative estimate of drug-likeness (QED) is 0.895. The highest BCUT2D eigenvalue weighted by Gasteiger charge is 2.12. The molecule has 1 aliphatic rings. The first-order chi connectivity index (χ1) is 8.18. The predicted molar refractivity (Wildman–Crippen MR) is 75.5 cm³/mol. The molecule has 0 bridgehead atoms. The zero-order valence-corrected chi connectivity index (χ0v) is 11.9. The number of aliphatic hydroxyl groups excluding tert-OH is 1. The Bertz CT molecular complexity index is 370. The Morgan fingerprint density at radius 3 is 2.35 bits per heavy atom. The maximum Gasteiger partial charge on any atom is 0.0772 e. The minimum atomic E-state index is -0.414. The number of rotatable bonds is 2. The van der Waals surface area contributed by atoms with Gasteiger partial charge in [-0.2, -0.15) is 0 Å². The minimum Gasteiger partial charge on any atom is -0.389 e. The van der Waals surface area contributed by atoms with Crippen molar-refractivity contribution >= 4 is 21.6 Å². The summed E-state index contributed by atoms with van der Waals surface area (Å²) in [5, 5.41) is 9.61. The maximum atomic E-state index is 9.61. The van der Waals surface area contributed by atoms with Gasteiger partial charge in [-0.05, 0) is 37.5 Å². The molecule has 1 fully saturated rings. The molecule has 0 radical (unpaired) electrons. The highest BCUT2D eigenvalue weighted by molar-refractivity contribution is 9.10. The van der Waals surface area contributed by atoms with Crippen LogP contribution in [0.25, 0.3) is 0 Å². The van der Waals surface area contributed by atoms with Crippen molar-refractivity contribution in [1.29, 1.82) is 0 Å². The van der Waals surface area contributed by atoms with Crippen LogP contribution in [-0.2, 0) is 0 Å². The third kappa shape index (κ3) is 3.23. The van der Waals surface area contributed by atoms with Gasteiger partial charge in [0.2, 0.25) is 0 Å². The van der Waals surface area contributed by atoms with Crippen LogP contribution in [-0.4, -0.2) is 18.2 Å². The predicted octanol–water partition coefficient (Wildman–Crippen LogP) is 3.88. The average Bonchev–Trinajstić information content (AvgIpc) is 2.56. The smallest absolute Gasteiger partial charge is 0.0772 e. The topological polar surface area (TPSA) is 23.5 Å². The molecule has 1 aromatic carbocycles. The lowest BCUT2D eigenvalue weighted by Gasteiger charge is -2.23. The highest BCUT2D eigenvalue weighted by atomic mass is 79.9. The van der Waals surface area contributed by atoms with Gasteiger partial charge in [0.15, 0.2) is 0 Å². The van der Waals surface area contributed by atoms with Crippen molar-refractivity contribution in [3.8, 4) is 0 Å². The van der Waals surface area contributed by atoms with Gasteiger partial charge in [0.05, 0.1) is 6.10 Å². The molecule has 0 saturated carbocycles. The van der Waals surface area contributed by atoms with Crippen LogP contribution in [0.15, 0.2) is 22.7 Å². The summed E-state index contributed by atoms with van der Waals surface area (Å²) >= 11 is 3.55. The van der Waals surface area contributed by atoms with E-state index in [1.165, 1.54) is 31.4 Å². The second-order valence-corrected chi connectivity index (χ2v) is 5.64. The third-order valence-electron chi connectivity index (χ3n) is 3.41. The standard InChI is InChI=1S/C14H20BrNO/c1-11(17)13-7-6-12(10-14(13)15)16-8-4-2-3-5-9-16/h6-7,10-11,17H,2-5,8-9H2,1H3/t11-/m1/s1.